The summed E-state index contributed by atoms with van der Waals surface area (Å²) in [6.07, 6.45) is 1.20. The number of para-hydroxylation sites is 1. The molecule has 7 nitrogen and oxygen atoms in total. The highest BCUT2D eigenvalue weighted by Gasteiger charge is 2.24. The van der Waals surface area contributed by atoms with Gasteiger partial charge in [-0.05, 0) is 35.7 Å². The van der Waals surface area contributed by atoms with Gasteiger partial charge in [0.05, 0.1) is 9.60 Å². The number of amides is 1. The molecule has 2 aromatic carbocycles. The van der Waals surface area contributed by atoms with Crippen LogP contribution >= 0.6 is 11.3 Å². The normalized spacial score (nSPS) is 14.9. The number of nitrogens with zero attached hydrogens (tertiary/aromatic N) is 3. The molecule has 0 bridgehead atoms. The second-order valence-corrected chi connectivity index (χ2v) is 11.2. The van der Waals surface area contributed by atoms with Crippen LogP contribution in [0.3, 0.4) is 0 Å². The number of carbonyl (C=O) groups is 1. The third kappa shape index (κ3) is 4.88. The second kappa shape index (κ2) is 9.07. The number of hydrogen-bond donors (Lipinski definition) is 0. The summed E-state index contributed by atoms with van der Waals surface area (Å²) in [5.74, 6) is 1.11. The molecular weight excluding hydrogens is 446 g/mol. The molecule has 170 valence electrons. The predicted octanol–water partition coefficient (Wildman–Crippen LogP) is 3.55. The minimum absolute atomic E-state index is 0.0138. The highest BCUT2D eigenvalue weighted by molar-refractivity contribution is 7.91. The van der Waals surface area contributed by atoms with Crippen molar-refractivity contribution in [2.75, 3.05) is 43.9 Å². The first kappa shape index (κ1) is 22.5. The highest BCUT2D eigenvalue weighted by atomic mass is 32.2. The lowest BCUT2D eigenvalue weighted by atomic mass is 10.0. The van der Waals surface area contributed by atoms with Crippen LogP contribution in [-0.4, -0.2) is 63.3 Å². The fourth-order valence-corrected chi connectivity index (χ4v) is 5.62. The molecule has 1 aromatic heterocycles. The molecule has 0 saturated carbocycles. The van der Waals surface area contributed by atoms with E-state index in [0.29, 0.717) is 43.4 Å². The Labute approximate surface area is 192 Å². The van der Waals surface area contributed by atoms with Gasteiger partial charge in [-0.25, -0.2) is 13.4 Å². The van der Waals surface area contributed by atoms with Crippen molar-refractivity contribution in [3.8, 4) is 5.75 Å². The minimum atomic E-state index is -3.34. The van der Waals surface area contributed by atoms with Crippen molar-refractivity contribution in [2.24, 2.45) is 0 Å². The van der Waals surface area contributed by atoms with Gasteiger partial charge in [0.1, 0.15) is 11.3 Å². The third-order valence-electron chi connectivity index (χ3n) is 5.58. The maximum absolute atomic E-state index is 12.6. The molecule has 3 aromatic rings. The van der Waals surface area contributed by atoms with Crippen molar-refractivity contribution < 1.29 is 17.9 Å². The molecule has 1 aliphatic heterocycles. The number of piperazine rings is 1. The van der Waals surface area contributed by atoms with Crippen LogP contribution in [-0.2, 0) is 14.6 Å². The molecule has 0 radical (unpaired) electrons. The summed E-state index contributed by atoms with van der Waals surface area (Å²) in [5, 5.41) is 0.782. The molecule has 1 saturated heterocycles. The number of ether oxygens (including phenoxy) is 1. The van der Waals surface area contributed by atoms with E-state index in [9.17, 15) is 13.2 Å². The zero-order valence-corrected chi connectivity index (χ0v) is 20.1. The molecule has 0 atom stereocenters. The fourth-order valence-electron chi connectivity index (χ4n) is 3.68. The zero-order valence-electron chi connectivity index (χ0n) is 18.4. The van der Waals surface area contributed by atoms with Gasteiger partial charge in [-0.3, -0.25) is 4.79 Å². The van der Waals surface area contributed by atoms with Gasteiger partial charge in [-0.15, -0.1) is 0 Å². The number of thiazole rings is 1. The second-order valence-electron chi connectivity index (χ2n) is 8.25. The lowest BCUT2D eigenvalue weighted by Gasteiger charge is -2.34. The minimum Gasteiger partial charge on any atom is -0.484 e. The number of aromatic nitrogens is 1. The first-order chi connectivity index (χ1) is 15.2. The average molecular weight is 474 g/mol. The lowest BCUT2D eigenvalue weighted by Crippen LogP contribution is -2.50. The Morgan fingerprint density at radius 2 is 1.78 bits per heavy atom. The lowest BCUT2D eigenvalue weighted by molar-refractivity contribution is -0.133. The SMILES string of the molecule is CC(C)c1ccc(OCC(=O)N2CCN(c3nc4c(S(C)(=O)=O)cccc4s3)CC2)cc1. The molecule has 1 fully saturated rings. The van der Waals surface area contributed by atoms with Gasteiger partial charge in [-0.1, -0.05) is 43.4 Å². The van der Waals surface area contributed by atoms with Crippen LogP contribution in [0.1, 0.15) is 25.3 Å². The van der Waals surface area contributed by atoms with E-state index >= 15 is 0 Å². The fraction of sp³-hybridized carbons (Fsp3) is 0.391. The van der Waals surface area contributed by atoms with E-state index in [1.54, 1.807) is 17.0 Å². The van der Waals surface area contributed by atoms with Crippen molar-refractivity contribution >= 4 is 42.4 Å². The molecule has 0 unspecified atom stereocenters. The van der Waals surface area contributed by atoms with E-state index in [1.807, 2.05) is 30.3 Å². The molecule has 2 heterocycles. The van der Waals surface area contributed by atoms with Gasteiger partial charge in [-0.2, -0.15) is 0 Å². The summed E-state index contributed by atoms with van der Waals surface area (Å²) in [7, 11) is -3.34. The Bertz CT molecular complexity index is 1210. The summed E-state index contributed by atoms with van der Waals surface area (Å²) in [6.45, 7) is 6.72. The Morgan fingerprint density at radius 3 is 2.41 bits per heavy atom. The van der Waals surface area contributed by atoms with Crippen LogP contribution in [0.5, 0.6) is 5.75 Å². The monoisotopic (exact) mass is 473 g/mol. The summed E-state index contributed by atoms with van der Waals surface area (Å²) < 4.78 is 30.6. The smallest absolute Gasteiger partial charge is 0.260 e. The van der Waals surface area contributed by atoms with Gasteiger partial charge in [0.2, 0.25) is 0 Å². The van der Waals surface area contributed by atoms with Gasteiger partial charge >= 0.3 is 0 Å². The number of carbonyl (C=O) groups excluding carboxylic acids is 1. The Balaban J connectivity index is 1.35. The van der Waals surface area contributed by atoms with Gasteiger partial charge in [0, 0.05) is 32.4 Å². The van der Waals surface area contributed by atoms with Crippen LogP contribution in [0, 0.1) is 0 Å². The number of rotatable bonds is 6. The van der Waals surface area contributed by atoms with Crippen LogP contribution in [0.15, 0.2) is 47.4 Å². The molecule has 0 spiro atoms. The van der Waals surface area contributed by atoms with Crippen LogP contribution < -0.4 is 9.64 Å². The summed E-state index contributed by atoms with van der Waals surface area (Å²) >= 11 is 1.48. The van der Waals surface area contributed by atoms with E-state index in [0.717, 1.165) is 9.83 Å². The van der Waals surface area contributed by atoms with E-state index in [1.165, 1.54) is 23.2 Å². The van der Waals surface area contributed by atoms with Crippen molar-refractivity contribution in [3.05, 3.63) is 48.0 Å². The van der Waals surface area contributed by atoms with Gasteiger partial charge in [0.15, 0.2) is 21.6 Å². The third-order valence-corrected chi connectivity index (χ3v) is 7.79. The van der Waals surface area contributed by atoms with Crippen molar-refractivity contribution in [3.63, 3.8) is 0 Å². The first-order valence-electron chi connectivity index (χ1n) is 10.6. The largest absolute Gasteiger partial charge is 0.484 e. The maximum Gasteiger partial charge on any atom is 0.260 e. The van der Waals surface area contributed by atoms with Crippen LogP contribution in [0.4, 0.5) is 5.13 Å². The Hall–Kier alpha value is -2.65. The van der Waals surface area contributed by atoms with Gasteiger partial charge < -0.3 is 14.5 Å². The average Bonchev–Trinajstić information content (AvgIpc) is 3.21. The molecule has 32 heavy (non-hydrogen) atoms. The Morgan fingerprint density at radius 1 is 1.09 bits per heavy atom. The maximum atomic E-state index is 12.6. The van der Waals surface area contributed by atoms with E-state index in [4.69, 9.17) is 4.74 Å². The van der Waals surface area contributed by atoms with E-state index in [2.05, 4.69) is 23.7 Å². The molecule has 0 aliphatic carbocycles. The van der Waals surface area contributed by atoms with E-state index in [-0.39, 0.29) is 17.4 Å². The molecule has 1 amide bonds. The number of anilines is 1. The molecule has 4 rings (SSSR count). The van der Waals surface area contributed by atoms with Gasteiger partial charge in [0.25, 0.3) is 5.91 Å². The molecule has 1 aliphatic rings. The Kier molecular flexibility index (Phi) is 6.39. The van der Waals surface area contributed by atoms with Crippen molar-refractivity contribution in [1.82, 2.24) is 9.88 Å². The summed E-state index contributed by atoms with van der Waals surface area (Å²) in [6, 6.07) is 13.1. The molecule has 9 heteroatoms. The summed E-state index contributed by atoms with van der Waals surface area (Å²) in [4.78, 5) is 21.4. The number of benzene rings is 2. The quantitative estimate of drug-likeness (QED) is 0.545. The van der Waals surface area contributed by atoms with Crippen molar-refractivity contribution in [2.45, 2.75) is 24.7 Å². The predicted molar refractivity (Wildman–Crippen MR) is 128 cm³/mol. The zero-order chi connectivity index (χ0) is 22.9. The number of fused-ring (bicyclic) bond motifs is 1. The van der Waals surface area contributed by atoms with Crippen molar-refractivity contribution in [1.29, 1.82) is 0 Å². The first-order valence-corrected chi connectivity index (χ1v) is 13.3. The number of hydrogen-bond acceptors (Lipinski definition) is 7. The molecule has 0 N–H and O–H groups in total. The topological polar surface area (TPSA) is 79.8 Å². The highest BCUT2D eigenvalue weighted by Crippen LogP contribution is 2.33. The summed E-state index contributed by atoms with van der Waals surface area (Å²) in [5.41, 5.74) is 1.75. The van der Waals surface area contributed by atoms with Crippen LogP contribution in [0.25, 0.3) is 10.2 Å². The standard InChI is InChI=1S/C23H27N3O4S2/c1-16(2)17-7-9-18(10-8-17)30-15-21(27)25-11-13-26(14-12-25)23-24-22-19(31-23)5-4-6-20(22)32(3,28)29/h4-10,16H,11-15H2,1-3H3. The number of sulfone groups is 1. The van der Waals surface area contributed by atoms with E-state index < -0.39 is 9.84 Å². The van der Waals surface area contributed by atoms with Crippen LogP contribution in [0.2, 0.25) is 0 Å². The molecular formula is C23H27N3O4S2.